The first kappa shape index (κ1) is 15.7. The van der Waals surface area contributed by atoms with Crippen molar-refractivity contribution >= 4 is 17.2 Å². The number of aliphatic hydroxyl groups is 1. The molecule has 7 heteroatoms. The lowest BCUT2D eigenvalue weighted by molar-refractivity contribution is -0.121. The third kappa shape index (κ3) is 4.38. The van der Waals surface area contributed by atoms with Gasteiger partial charge in [-0.25, -0.2) is 4.98 Å². The molecule has 114 valence electrons. The van der Waals surface area contributed by atoms with Crippen LogP contribution in [0.3, 0.4) is 0 Å². The third-order valence-corrected chi connectivity index (χ3v) is 3.57. The lowest BCUT2D eigenvalue weighted by Crippen LogP contribution is -2.35. The lowest BCUT2D eigenvalue weighted by atomic mass is 10.2. The van der Waals surface area contributed by atoms with Crippen molar-refractivity contribution < 1.29 is 19.1 Å². The maximum absolute atomic E-state index is 11.8. The molecule has 2 heterocycles. The molecule has 0 bridgehead atoms. The van der Waals surface area contributed by atoms with Gasteiger partial charge >= 0.3 is 0 Å². The Kier molecular flexibility index (Phi) is 5.49. The Balaban J connectivity index is 1.92. The van der Waals surface area contributed by atoms with E-state index in [-0.39, 0.29) is 25.5 Å². The van der Waals surface area contributed by atoms with Gasteiger partial charge in [0.05, 0.1) is 24.8 Å². The second kappa shape index (κ2) is 7.35. The highest BCUT2D eigenvalue weighted by molar-refractivity contribution is 7.08. The van der Waals surface area contributed by atoms with E-state index in [4.69, 9.17) is 9.15 Å². The second-order valence-electron chi connectivity index (χ2n) is 4.62. The van der Waals surface area contributed by atoms with Gasteiger partial charge in [0, 0.05) is 24.6 Å². The van der Waals surface area contributed by atoms with Crippen LogP contribution in [0.5, 0.6) is 0 Å². The molecule has 0 spiro atoms. The molecule has 2 N–H and O–H groups in total. The number of nitrogens with zero attached hydrogens (tertiary/aromatic N) is 1. The monoisotopic (exact) mass is 310 g/mol. The van der Waals surface area contributed by atoms with E-state index >= 15 is 0 Å². The molecule has 1 unspecified atom stereocenters. The zero-order valence-electron chi connectivity index (χ0n) is 12.0. The number of ether oxygens (including phenoxy) is 1. The first-order valence-electron chi connectivity index (χ1n) is 6.52. The number of carbonyl (C=O) groups is 1. The van der Waals surface area contributed by atoms with Gasteiger partial charge in [-0.1, -0.05) is 0 Å². The van der Waals surface area contributed by atoms with E-state index in [1.165, 1.54) is 7.11 Å². The van der Waals surface area contributed by atoms with Crippen LogP contribution < -0.4 is 5.32 Å². The number of hydrogen-bond acceptors (Lipinski definition) is 6. The molecule has 1 atom stereocenters. The third-order valence-electron chi connectivity index (χ3n) is 2.88. The molecule has 0 aliphatic carbocycles. The highest BCUT2D eigenvalue weighted by atomic mass is 32.1. The number of amides is 1. The van der Waals surface area contributed by atoms with E-state index < -0.39 is 6.10 Å². The van der Waals surface area contributed by atoms with E-state index in [0.29, 0.717) is 17.3 Å². The SMILES string of the molecule is COCC(O)CNC(=O)Cc1nc(-c2ccsc2)oc1C. The molecular weight excluding hydrogens is 292 g/mol. The molecule has 0 aliphatic heterocycles. The Labute approximate surface area is 126 Å². The summed E-state index contributed by atoms with van der Waals surface area (Å²) in [7, 11) is 1.50. The highest BCUT2D eigenvalue weighted by Gasteiger charge is 2.15. The summed E-state index contributed by atoms with van der Waals surface area (Å²) in [5.41, 5.74) is 1.51. The van der Waals surface area contributed by atoms with Crippen LogP contribution in [0, 0.1) is 6.92 Å². The minimum absolute atomic E-state index is 0.124. The van der Waals surface area contributed by atoms with Crippen molar-refractivity contribution in [2.75, 3.05) is 20.3 Å². The first-order chi connectivity index (χ1) is 10.1. The molecule has 2 rings (SSSR count). The van der Waals surface area contributed by atoms with Crippen molar-refractivity contribution in [2.45, 2.75) is 19.4 Å². The summed E-state index contributed by atoms with van der Waals surface area (Å²) >= 11 is 1.56. The van der Waals surface area contributed by atoms with Gasteiger partial charge in [-0.05, 0) is 18.4 Å². The van der Waals surface area contributed by atoms with Crippen LogP contribution in [0.25, 0.3) is 11.5 Å². The number of methoxy groups -OCH3 is 1. The summed E-state index contributed by atoms with van der Waals surface area (Å²) in [6, 6.07) is 1.92. The fourth-order valence-corrected chi connectivity index (χ4v) is 2.43. The van der Waals surface area contributed by atoms with Gasteiger partial charge in [0.25, 0.3) is 0 Å². The Morgan fingerprint density at radius 1 is 1.62 bits per heavy atom. The van der Waals surface area contributed by atoms with E-state index in [9.17, 15) is 9.90 Å². The summed E-state index contributed by atoms with van der Waals surface area (Å²) in [6.07, 6.45) is -0.585. The van der Waals surface area contributed by atoms with Gasteiger partial charge in [0.2, 0.25) is 11.8 Å². The van der Waals surface area contributed by atoms with Crippen molar-refractivity contribution in [2.24, 2.45) is 0 Å². The molecule has 0 radical (unpaired) electrons. The van der Waals surface area contributed by atoms with Gasteiger partial charge in [-0.15, -0.1) is 0 Å². The standard InChI is InChI=1S/C14H18N2O4S/c1-9-12(5-13(18)15-6-11(17)7-19-2)16-14(20-9)10-3-4-21-8-10/h3-4,8,11,17H,5-7H2,1-2H3,(H,15,18). The van der Waals surface area contributed by atoms with E-state index in [1.54, 1.807) is 18.3 Å². The summed E-state index contributed by atoms with van der Waals surface area (Å²) < 4.78 is 10.4. The molecule has 0 saturated carbocycles. The average molecular weight is 310 g/mol. The minimum atomic E-state index is -0.710. The van der Waals surface area contributed by atoms with E-state index in [2.05, 4.69) is 10.3 Å². The predicted octanol–water partition coefficient (Wildman–Crippen LogP) is 1.38. The van der Waals surface area contributed by atoms with Crippen molar-refractivity contribution in [3.05, 3.63) is 28.3 Å². The zero-order chi connectivity index (χ0) is 15.2. The molecule has 0 fully saturated rings. The van der Waals surface area contributed by atoms with Crippen LogP contribution in [0.1, 0.15) is 11.5 Å². The van der Waals surface area contributed by atoms with Gasteiger partial charge in [0.1, 0.15) is 5.76 Å². The van der Waals surface area contributed by atoms with Crippen LogP contribution in [-0.4, -0.2) is 42.4 Å². The average Bonchev–Trinajstić information content (AvgIpc) is 3.07. The zero-order valence-corrected chi connectivity index (χ0v) is 12.8. The number of hydrogen-bond donors (Lipinski definition) is 2. The molecule has 0 aromatic carbocycles. The normalized spacial score (nSPS) is 12.3. The number of carbonyl (C=O) groups excluding carboxylic acids is 1. The maximum atomic E-state index is 11.8. The molecule has 0 aliphatic rings. The smallest absolute Gasteiger partial charge is 0.227 e. The van der Waals surface area contributed by atoms with Crippen LogP contribution in [0.4, 0.5) is 0 Å². The lowest BCUT2D eigenvalue weighted by Gasteiger charge is -2.10. The van der Waals surface area contributed by atoms with Crippen LogP contribution >= 0.6 is 11.3 Å². The summed E-state index contributed by atoms with van der Waals surface area (Å²) in [6.45, 7) is 2.12. The van der Waals surface area contributed by atoms with Crippen LogP contribution in [-0.2, 0) is 16.0 Å². The van der Waals surface area contributed by atoms with Crippen molar-refractivity contribution in [3.8, 4) is 11.5 Å². The van der Waals surface area contributed by atoms with Gasteiger partial charge in [0.15, 0.2) is 0 Å². The molecular formula is C14H18N2O4S. The van der Waals surface area contributed by atoms with Crippen LogP contribution in [0.15, 0.2) is 21.2 Å². The largest absolute Gasteiger partial charge is 0.441 e. The van der Waals surface area contributed by atoms with Crippen molar-refractivity contribution in [1.29, 1.82) is 0 Å². The molecule has 0 saturated heterocycles. The fourth-order valence-electron chi connectivity index (χ4n) is 1.80. The van der Waals surface area contributed by atoms with Crippen LogP contribution in [0.2, 0.25) is 0 Å². The Bertz CT molecular complexity index is 580. The number of oxazole rings is 1. The molecule has 1 amide bonds. The predicted molar refractivity (Wildman–Crippen MR) is 79.1 cm³/mol. The summed E-state index contributed by atoms with van der Waals surface area (Å²) in [5, 5.41) is 16.0. The summed E-state index contributed by atoms with van der Waals surface area (Å²) in [4.78, 5) is 16.2. The maximum Gasteiger partial charge on any atom is 0.227 e. The van der Waals surface area contributed by atoms with Crippen molar-refractivity contribution in [3.63, 3.8) is 0 Å². The molecule has 2 aromatic rings. The number of thiophene rings is 1. The second-order valence-corrected chi connectivity index (χ2v) is 5.40. The molecule has 21 heavy (non-hydrogen) atoms. The summed E-state index contributed by atoms with van der Waals surface area (Å²) in [5.74, 6) is 0.943. The molecule has 6 nitrogen and oxygen atoms in total. The fraction of sp³-hybridized carbons (Fsp3) is 0.429. The number of aromatic nitrogens is 1. The topological polar surface area (TPSA) is 84.6 Å². The highest BCUT2D eigenvalue weighted by Crippen LogP contribution is 2.23. The Morgan fingerprint density at radius 3 is 3.10 bits per heavy atom. The Hall–Kier alpha value is -1.70. The Morgan fingerprint density at radius 2 is 2.43 bits per heavy atom. The number of rotatable bonds is 7. The van der Waals surface area contributed by atoms with Gasteiger partial charge in [-0.2, -0.15) is 11.3 Å². The number of nitrogens with one attached hydrogen (secondary N) is 1. The van der Waals surface area contributed by atoms with E-state index in [1.807, 2.05) is 16.8 Å². The number of aliphatic hydroxyl groups excluding tert-OH is 1. The minimum Gasteiger partial charge on any atom is -0.441 e. The van der Waals surface area contributed by atoms with Gasteiger partial charge < -0.3 is 19.6 Å². The quantitative estimate of drug-likeness (QED) is 0.807. The van der Waals surface area contributed by atoms with E-state index in [0.717, 1.165) is 5.56 Å². The van der Waals surface area contributed by atoms with Gasteiger partial charge in [-0.3, -0.25) is 4.79 Å². The molecule has 2 aromatic heterocycles. The number of aryl methyl sites for hydroxylation is 1. The van der Waals surface area contributed by atoms with Crippen molar-refractivity contribution in [1.82, 2.24) is 10.3 Å². The first-order valence-corrected chi connectivity index (χ1v) is 7.47.